The van der Waals surface area contributed by atoms with Gasteiger partial charge < -0.3 is 14.5 Å². The summed E-state index contributed by atoms with van der Waals surface area (Å²) >= 11 is 0. The molecule has 1 saturated heterocycles. The zero-order chi connectivity index (χ0) is 19.1. The maximum absolute atomic E-state index is 13.3. The van der Waals surface area contributed by atoms with Gasteiger partial charge in [0.15, 0.2) is 0 Å². The summed E-state index contributed by atoms with van der Waals surface area (Å²) in [5.41, 5.74) is 4.79. The largest absolute Gasteiger partial charge is 0.358 e. The highest BCUT2D eigenvalue weighted by molar-refractivity contribution is 5.99. The van der Waals surface area contributed by atoms with Gasteiger partial charge in [0, 0.05) is 60.1 Å². The molecule has 2 aromatic heterocycles. The minimum atomic E-state index is 0.159. The Kier molecular flexibility index (Phi) is 4.46. The Balaban J connectivity index is 1.41. The summed E-state index contributed by atoms with van der Waals surface area (Å²) in [5, 5.41) is 1.25. The molecule has 5 nitrogen and oxygen atoms in total. The van der Waals surface area contributed by atoms with E-state index in [0.717, 1.165) is 56.7 Å². The second-order valence-corrected chi connectivity index (χ2v) is 8.21. The normalized spacial score (nSPS) is 19.8. The Hall–Kier alpha value is -2.56. The Bertz CT molecular complexity index is 1010. The first-order valence-corrected chi connectivity index (χ1v) is 10.7. The number of imidazole rings is 1. The fourth-order valence-corrected chi connectivity index (χ4v) is 5.04. The van der Waals surface area contributed by atoms with Crippen LogP contribution < -0.4 is 0 Å². The number of H-pyrrole nitrogens is 1. The van der Waals surface area contributed by atoms with Crippen LogP contribution in [0.5, 0.6) is 0 Å². The van der Waals surface area contributed by atoms with Gasteiger partial charge >= 0.3 is 0 Å². The molecule has 1 aliphatic carbocycles. The number of hydrogen-bond acceptors (Lipinski definition) is 2. The molecular weight excluding hydrogens is 348 g/mol. The number of carbonyl (C=O) groups is 1. The molecule has 0 unspecified atom stereocenters. The number of benzene rings is 1. The van der Waals surface area contributed by atoms with Crippen molar-refractivity contribution in [1.29, 1.82) is 0 Å². The number of rotatable bonds is 3. The van der Waals surface area contributed by atoms with Gasteiger partial charge in [-0.05, 0) is 69.2 Å². The molecule has 2 aliphatic rings. The minimum absolute atomic E-state index is 0.159. The monoisotopic (exact) mass is 376 g/mol. The van der Waals surface area contributed by atoms with Crippen LogP contribution >= 0.6 is 0 Å². The molecule has 3 aromatic rings. The maximum atomic E-state index is 13.3. The standard InChI is InChI=1S/C23H28N4O/c1-2-26-13-11-24-22(26)17-6-5-12-27(15-17)23(28)16-9-10-21-19(14-16)18-7-3-4-8-20(18)25-21/h9-11,13-14,17,25H,2-8,12,15H2,1H3/t17-/m1/s1. The topological polar surface area (TPSA) is 53.9 Å². The summed E-state index contributed by atoms with van der Waals surface area (Å²) < 4.78 is 2.21. The lowest BCUT2D eigenvalue weighted by Gasteiger charge is -2.32. The van der Waals surface area contributed by atoms with Gasteiger partial charge in [0.05, 0.1) is 0 Å². The number of likely N-dealkylation sites (tertiary alicyclic amines) is 1. The Morgan fingerprint density at radius 3 is 3.04 bits per heavy atom. The van der Waals surface area contributed by atoms with Crippen molar-refractivity contribution in [3.8, 4) is 0 Å². The Morgan fingerprint density at radius 2 is 2.14 bits per heavy atom. The molecule has 0 spiro atoms. The molecule has 0 saturated carbocycles. The first kappa shape index (κ1) is 17.5. The van der Waals surface area contributed by atoms with Gasteiger partial charge in [0.2, 0.25) is 0 Å². The zero-order valence-corrected chi connectivity index (χ0v) is 16.6. The molecule has 1 N–H and O–H groups in total. The van der Waals surface area contributed by atoms with E-state index in [4.69, 9.17) is 0 Å². The van der Waals surface area contributed by atoms with Crippen LogP contribution in [0.2, 0.25) is 0 Å². The van der Waals surface area contributed by atoms with E-state index in [-0.39, 0.29) is 5.91 Å². The summed E-state index contributed by atoms with van der Waals surface area (Å²) in [6.45, 7) is 4.67. The third-order valence-corrected chi connectivity index (χ3v) is 6.51. The second kappa shape index (κ2) is 7.12. The lowest BCUT2D eigenvalue weighted by molar-refractivity contribution is 0.0703. The zero-order valence-electron chi connectivity index (χ0n) is 16.6. The van der Waals surface area contributed by atoms with E-state index in [1.54, 1.807) is 0 Å². The predicted molar refractivity (Wildman–Crippen MR) is 111 cm³/mol. The highest BCUT2D eigenvalue weighted by atomic mass is 16.2. The summed E-state index contributed by atoms with van der Waals surface area (Å²) in [5.74, 6) is 1.61. The quantitative estimate of drug-likeness (QED) is 0.742. The van der Waals surface area contributed by atoms with Crippen molar-refractivity contribution >= 4 is 16.8 Å². The fourth-order valence-electron chi connectivity index (χ4n) is 5.04. The number of amides is 1. The number of nitrogens with zero attached hydrogens (tertiary/aromatic N) is 3. The summed E-state index contributed by atoms with van der Waals surface area (Å²) in [6, 6.07) is 6.20. The van der Waals surface area contributed by atoms with Gasteiger partial charge in [0.25, 0.3) is 5.91 Å². The first-order valence-electron chi connectivity index (χ1n) is 10.7. The summed E-state index contributed by atoms with van der Waals surface area (Å²) in [7, 11) is 0. The summed E-state index contributed by atoms with van der Waals surface area (Å²) in [4.78, 5) is 23.5. The molecule has 1 aromatic carbocycles. The van der Waals surface area contributed by atoms with Gasteiger partial charge in [-0.15, -0.1) is 0 Å². The van der Waals surface area contributed by atoms with Crippen LogP contribution in [0.15, 0.2) is 30.6 Å². The van der Waals surface area contributed by atoms with Crippen molar-refractivity contribution < 1.29 is 4.79 Å². The van der Waals surface area contributed by atoms with Crippen LogP contribution in [-0.4, -0.2) is 38.4 Å². The van der Waals surface area contributed by atoms with Crippen molar-refractivity contribution in [2.24, 2.45) is 0 Å². The minimum Gasteiger partial charge on any atom is -0.358 e. The van der Waals surface area contributed by atoms with Gasteiger partial charge in [-0.25, -0.2) is 4.98 Å². The van der Waals surface area contributed by atoms with Gasteiger partial charge in [-0.1, -0.05) is 0 Å². The number of aromatic amines is 1. The van der Waals surface area contributed by atoms with E-state index in [9.17, 15) is 4.79 Å². The molecule has 5 rings (SSSR count). The molecule has 3 heterocycles. The third-order valence-electron chi connectivity index (χ3n) is 6.51. The Labute approximate surface area is 165 Å². The van der Waals surface area contributed by atoms with E-state index < -0.39 is 0 Å². The van der Waals surface area contributed by atoms with Crippen LogP contribution in [-0.2, 0) is 19.4 Å². The number of carbonyl (C=O) groups excluding carboxylic acids is 1. The molecule has 1 aliphatic heterocycles. The van der Waals surface area contributed by atoms with E-state index in [1.165, 1.54) is 35.0 Å². The van der Waals surface area contributed by atoms with E-state index in [2.05, 4.69) is 33.6 Å². The van der Waals surface area contributed by atoms with Crippen LogP contribution in [0, 0.1) is 0 Å². The van der Waals surface area contributed by atoms with E-state index >= 15 is 0 Å². The molecule has 0 bridgehead atoms. The van der Waals surface area contributed by atoms with Crippen molar-refractivity contribution in [2.45, 2.75) is 57.9 Å². The van der Waals surface area contributed by atoms with E-state index in [1.807, 2.05) is 23.4 Å². The van der Waals surface area contributed by atoms with Crippen molar-refractivity contribution in [3.05, 3.63) is 53.2 Å². The lowest BCUT2D eigenvalue weighted by atomic mass is 9.94. The Morgan fingerprint density at radius 1 is 1.25 bits per heavy atom. The molecule has 28 heavy (non-hydrogen) atoms. The molecule has 146 valence electrons. The molecule has 5 heteroatoms. The molecule has 1 atom stereocenters. The van der Waals surface area contributed by atoms with Gasteiger partial charge in [-0.3, -0.25) is 4.79 Å². The average molecular weight is 377 g/mol. The van der Waals surface area contributed by atoms with Crippen LogP contribution in [0.3, 0.4) is 0 Å². The number of fused-ring (bicyclic) bond motifs is 3. The highest BCUT2D eigenvalue weighted by Gasteiger charge is 2.28. The third kappa shape index (κ3) is 2.93. The SMILES string of the molecule is CCn1ccnc1[C@@H]1CCCN(C(=O)c2ccc3[nH]c4c(c3c2)CCCC4)C1. The molecule has 1 fully saturated rings. The first-order chi connectivity index (χ1) is 13.7. The fraction of sp³-hybridized carbons (Fsp3) is 0.478. The van der Waals surface area contributed by atoms with E-state index in [0.29, 0.717) is 5.92 Å². The number of aryl methyl sites for hydroxylation is 3. The second-order valence-electron chi connectivity index (χ2n) is 8.21. The molecule has 1 amide bonds. The number of piperidine rings is 1. The van der Waals surface area contributed by atoms with Crippen molar-refractivity contribution in [1.82, 2.24) is 19.4 Å². The molecule has 0 radical (unpaired) electrons. The number of hydrogen-bond donors (Lipinski definition) is 1. The van der Waals surface area contributed by atoms with Crippen molar-refractivity contribution in [2.75, 3.05) is 13.1 Å². The van der Waals surface area contributed by atoms with Crippen LogP contribution in [0.4, 0.5) is 0 Å². The predicted octanol–water partition coefficient (Wildman–Crippen LogP) is 4.28. The number of aromatic nitrogens is 3. The van der Waals surface area contributed by atoms with Crippen molar-refractivity contribution in [3.63, 3.8) is 0 Å². The summed E-state index contributed by atoms with van der Waals surface area (Å²) in [6.07, 6.45) is 10.8. The highest BCUT2D eigenvalue weighted by Crippen LogP contribution is 2.31. The van der Waals surface area contributed by atoms with Gasteiger partial charge in [-0.2, -0.15) is 0 Å². The molecular formula is C23H28N4O. The van der Waals surface area contributed by atoms with Crippen LogP contribution in [0.25, 0.3) is 10.9 Å². The van der Waals surface area contributed by atoms with Gasteiger partial charge in [0.1, 0.15) is 5.82 Å². The smallest absolute Gasteiger partial charge is 0.253 e. The lowest BCUT2D eigenvalue weighted by Crippen LogP contribution is -2.39. The van der Waals surface area contributed by atoms with Crippen LogP contribution in [0.1, 0.15) is 66.0 Å². The average Bonchev–Trinajstić information content (AvgIpc) is 3.37. The maximum Gasteiger partial charge on any atom is 0.253 e. The number of nitrogens with one attached hydrogen (secondary N) is 1.